The molecule has 0 unspecified atom stereocenters. The molecule has 4 heteroatoms. The molecule has 0 spiro atoms. The van der Waals surface area contributed by atoms with E-state index in [0.29, 0.717) is 28.3 Å². The van der Waals surface area contributed by atoms with E-state index >= 15 is 0 Å². The van der Waals surface area contributed by atoms with Gasteiger partial charge in [-0.15, -0.1) is 0 Å². The summed E-state index contributed by atoms with van der Waals surface area (Å²) in [5, 5.41) is 0. The monoisotopic (exact) mass is 835 g/mol. The van der Waals surface area contributed by atoms with Crippen molar-refractivity contribution in [2.24, 2.45) is 0 Å². The average molecular weight is 835 g/mol. The Hall–Kier alpha value is -7.04. The molecule has 0 N–H and O–H groups in total. The van der Waals surface area contributed by atoms with Gasteiger partial charge in [0.2, 0.25) is 0 Å². The third-order valence-electron chi connectivity index (χ3n) is 11.4. The number of benzene rings is 7. The van der Waals surface area contributed by atoms with Crippen LogP contribution < -0.4 is 4.74 Å². The van der Waals surface area contributed by atoms with Gasteiger partial charge in [0.1, 0.15) is 11.6 Å². The Morgan fingerprint density at radius 3 is 1.89 bits per heavy atom. The number of aromatic nitrogens is 3. The molecule has 4 nitrogen and oxygen atoms in total. The summed E-state index contributed by atoms with van der Waals surface area (Å²) in [6.07, 6.45) is 1.44. The molecule has 0 aliphatic rings. The van der Waals surface area contributed by atoms with E-state index < -0.39 is 55.7 Å². The largest absolute Gasteiger partial charge is 0.496 e. The third-order valence-corrected chi connectivity index (χ3v) is 11.4. The van der Waals surface area contributed by atoms with Crippen LogP contribution in [0, 0.1) is 13.8 Å². The Morgan fingerprint density at radius 1 is 0.556 bits per heavy atom. The first kappa shape index (κ1) is 28.5. The van der Waals surface area contributed by atoms with Crippen LogP contribution in [-0.2, 0) is 10.8 Å². The van der Waals surface area contributed by atoms with Crippen LogP contribution in [0.5, 0.6) is 5.75 Å². The van der Waals surface area contributed by atoms with E-state index in [1.54, 1.807) is 13.2 Å². The number of pyridine rings is 1. The number of para-hydroxylation sites is 1. The molecule has 0 amide bonds. The van der Waals surface area contributed by atoms with Gasteiger partial charge in [0.05, 0.1) is 34.9 Å². The Kier molecular flexibility index (Phi) is 7.40. The fourth-order valence-electron chi connectivity index (χ4n) is 8.25. The molecular formula is C59H55N3O. The predicted molar refractivity (Wildman–Crippen MR) is 265 cm³/mol. The molecule has 0 saturated carbocycles. The van der Waals surface area contributed by atoms with Crippen molar-refractivity contribution in [1.82, 2.24) is 14.5 Å². The van der Waals surface area contributed by atoms with Gasteiger partial charge in [0.15, 0.2) is 0 Å². The smallest absolute Gasteiger partial charge is 0.149 e. The van der Waals surface area contributed by atoms with Crippen molar-refractivity contribution in [2.75, 3.05) is 7.11 Å². The van der Waals surface area contributed by atoms with Crippen molar-refractivity contribution in [1.29, 1.82) is 0 Å². The van der Waals surface area contributed by atoms with Crippen LogP contribution in [0.25, 0.3) is 83.9 Å². The maximum atomic E-state index is 9.16. The number of imidazole rings is 1. The Labute approximate surface area is 391 Å². The summed E-state index contributed by atoms with van der Waals surface area (Å²) in [5.41, 5.74) is 7.39. The van der Waals surface area contributed by atoms with Crippen LogP contribution >= 0.6 is 0 Å². The number of aryl methyl sites for hydroxylation is 2. The fraction of sp³-hybridized carbons (Fsp3) is 0.186. The van der Waals surface area contributed by atoms with Crippen molar-refractivity contribution in [2.45, 2.75) is 66.0 Å². The van der Waals surface area contributed by atoms with Gasteiger partial charge in [-0.1, -0.05) is 150 Å². The number of nitrogens with zero attached hydrogens (tertiary/aromatic N) is 3. The molecule has 7 aromatic carbocycles. The van der Waals surface area contributed by atoms with Gasteiger partial charge >= 0.3 is 0 Å². The SMILES string of the molecule is [2H]c1c([2H])c(C(C([2H])([2H])[2H])(C([2H])([2H])[2H])C([2H])([2H])[2H])c([2H])c([2H])c1-c1ccnc(-c2cc(-c3ccccc3)cc(-c3cccc4c3nc(-c3cc(C)cc(C)c3OC)n4-c3cc(-c4ccccc4)cc(C(C)(C)C)c3)c2)c1. The van der Waals surface area contributed by atoms with Crippen LogP contribution in [0.3, 0.4) is 0 Å². The molecule has 0 bridgehead atoms. The second-order valence-electron chi connectivity index (χ2n) is 17.1. The third kappa shape index (κ3) is 8.22. The summed E-state index contributed by atoms with van der Waals surface area (Å²) in [7, 11) is 1.67. The first-order chi connectivity index (χ1) is 35.7. The van der Waals surface area contributed by atoms with Crippen LogP contribution in [-0.4, -0.2) is 21.6 Å². The lowest BCUT2D eigenvalue weighted by Gasteiger charge is -2.23. The van der Waals surface area contributed by atoms with Gasteiger partial charge in [-0.3, -0.25) is 9.55 Å². The normalized spacial score (nSPS) is 15.5. The molecule has 9 aromatic rings. The minimum Gasteiger partial charge on any atom is -0.496 e. The number of fused-ring (bicyclic) bond motifs is 1. The highest BCUT2D eigenvalue weighted by Gasteiger charge is 2.24. The second-order valence-corrected chi connectivity index (χ2v) is 17.1. The highest BCUT2D eigenvalue weighted by atomic mass is 16.5. The molecule has 312 valence electrons. The first-order valence-electron chi connectivity index (χ1n) is 27.3. The molecule has 2 heterocycles. The number of methoxy groups -OCH3 is 1. The number of hydrogen-bond acceptors (Lipinski definition) is 3. The molecule has 0 aliphatic carbocycles. The van der Waals surface area contributed by atoms with E-state index in [1.807, 2.05) is 79.7 Å². The van der Waals surface area contributed by atoms with E-state index in [9.17, 15) is 0 Å². The van der Waals surface area contributed by atoms with E-state index in [1.165, 1.54) is 12.3 Å². The maximum Gasteiger partial charge on any atom is 0.149 e. The summed E-state index contributed by atoms with van der Waals surface area (Å²) in [6, 6.07) is 42.2. The van der Waals surface area contributed by atoms with Gasteiger partial charge in [0, 0.05) is 35.3 Å². The number of ether oxygens (including phenoxy) is 1. The molecule has 9 rings (SSSR count). The quantitative estimate of drug-likeness (QED) is 0.153. The standard InChI is InChI=1S/C59H55N3O/c1-38-29-39(2)56(63-9)52(30-38)57-61-55-51(21-16-22-54(55)62(57)50-35-45(41-19-14-11-15-20-41)34-49(37-50)59(6,7)8)46-31-44(40-17-12-10-13-18-40)32-47(33-46)53-36-43(27-28-60-53)42-23-25-48(26-24-42)58(3,4)5/h10-37H,1-9H3/i3D3,4D3,5D3,23D,24D,25D,26D. The Morgan fingerprint density at radius 2 is 1.22 bits per heavy atom. The van der Waals surface area contributed by atoms with Crippen molar-refractivity contribution in [3.63, 3.8) is 0 Å². The van der Waals surface area contributed by atoms with Gasteiger partial charge in [-0.05, 0) is 140 Å². The van der Waals surface area contributed by atoms with Crippen molar-refractivity contribution < 1.29 is 22.6 Å². The lowest BCUT2D eigenvalue weighted by molar-refractivity contribution is 0.413. The van der Waals surface area contributed by atoms with Gasteiger partial charge in [-0.2, -0.15) is 0 Å². The molecule has 0 saturated heterocycles. The summed E-state index contributed by atoms with van der Waals surface area (Å²) in [6.45, 7) is -0.741. The van der Waals surface area contributed by atoms with E-state index in [2.05, 4.69) is 86.9 Å². The Bertz CT molecular complexity index is 3640. The summed E-state index contributed by atoms with van der Waals surface area (Å²) >= 11 is 0. The van der Waals surface area contributed by atoms with Crippen molar-refractivity contribution in [3.8, 4) is 78.6 Å². The van der Waals surface area contributed by atoms with Crippen LogP contribution in [0.4, 0.5) is 0 Å². The molecule has 0 atom stereocenters. The summed E-state index contributed by atoms with van der Waals surface area (Å²) < 4.78 is 119. The Balaban J connectivity index is 1.30. The zero-order valence-electron chi connectivity index (χ0n) is 49.1. The maximum absolute atomic E-state index is 9.16. The highest BCUT2D eigenvalue weighted by molar-refractivity contribution is 5.98. The van der Waals surface area contributed by atoms with Crippen molar-refractivity contribution >= 4 is 11.0 Å². The second kappa shape index (κ2) is 16.3. The molecule has 63 heavy (non-hydrogen) atoms. The zero-order valence-corrected chi connectivity index (χ0v) is 36.1. The number of rotatable bonds is 8. The van der Waals surface area contributed by atoms with E-state index in [-0.39, 0.29) is 16.5 Å². The van der Waals surface area contributed by atoms with Crippen LogP contribution in [0.2, 0.25) is 0 Å². The predicted octanol–water partition coefficient (Wildman–Crippen LogP) is 15.6. The van der Waals surface area contributed by atoms with E-state index in [0.717, 1.165) is 66.8 Å². The fourth-order valence-corrected chi connectivity index (χ4v) is 8.25. The highest BCUT2D eigenvalue weighted by Crippen LogP contribution is 2.43. The minimum absolute atomic E-state index is 0.141. The summed E-state index contributed by atoms with van der Waals surface area (Å²) in [5.74, 6) is 1.37. The summed E-state index contributed by atoms with van der Waals surface area (Å²) in [4.78, 5) is 10.3. The minimum atomic E-state index is -3.80. The molecule has 0 radical (unpaired) electrons. The first-order valence-corrected chi connectivity index (χ1v) is 20.8. The van der Waals surface area contributed by atoms with Crippen LogP contribution in [0.1, 0.15) is 81.4 Å². The molecule has 0 aliphatic heterocycles. The number of hydrogen-bond donors (Lipinski definition) is 0. The average Bonchev–Trinajstić information content (AvgIpc) is 3.76. The lowest BCUT2D eigenvalue weighted by atomic mass is 9.85. The zero-order chi connectivity index (χ0) is 55.0. The van der Waals surface area contributed by atoms with Crippen LogP contribution in [0.15, 0.2) is 170 Å². The lowest BCUT2D eigenvalue weighted by Crippen LogP contribution is -2.12. The molecule has 2 aromatic heterocycles. The van der Waals surface area contributed by atoms with Gasteiger partial charge in [-0.25, -0.2) is 4.98 Å². The molecule has 0 fully saturated rings. The van der Waals surface area contributed by atoms with E-state index in [4.69, 9.17) is 32.5 Å². The topological polar surface area (TPSA) is 39.9 Å². The van der Waals surface area contributed by atoms with Gasteiger partial charge in [0.25, 0.3) is 0 Å². The van der Waals surface area contributed by atoms with Crippen molar-refractivity contribution in [3.05, 3.63) is 192 Å². The van der Waals surface area contributed by atoms with Gasteiger partial charge < -0.3 is 4.74 Å². The molecular weight excluding hydrogens is 767 g/mol.